The molecule has 0 fully saturated rings. The molecule has 1 aromatic heterocycles. The van der Waals surface area contributed by atoms with E-state index < -0.39 is 16.9 Å². The molecule has 66 heavy (non-hydrogen) atoms. The van der Waals surface area contributed by atoms with Crippen LogP contribution in [0.3, 0.4) is 0 Å². The summed E-state index contributed by atoms with van der Waals surface area (Å²) in [6.45, 7) is 0. The van der Waals surface area contributed by atoms with Crippen LogP contribution < -0.4 is 4.90 Å². The summed E-state index contributed by atoms with van der Waals surface area (Å²) in [5.41, 5.74) is 16.1. The molecule has 13 rings (SSSR count). The molecule has 310 valence electrons. The number of benzene rings is 10. The van der Waals surface area contributed by atoms with E-state index in [0.717, 1.165) is 72.5 Å². The van der Waals surface area contributed by atoms with Crippen molar-refractivity contribution in [2.75, 3.05) is 4.90 Å². The van der Waals surface area contributed by atoms with Crippen molar-refractivity contribution in [3.8, 4) is 33.4 Å². The standard InChI is InChI=1S/C64H43NO/c1-6-20-44(21-7-1)45-36-38-51-52-39-37-50(43-58(52)64(57(51)42-45,48-26-12-4-13-27-48)49-28-14-5-15-29-49)65(59-33-19-35-61-54(59)40-41-66-61)60-34-18-32-56-62(60)53-30-16-17-31-55(53)63(56,46-22-8-2-9-23-46)47-24-10-3-11-25-47/h1-43H/i1D,6D,7D,20D,21D. The second kappa shape index (κ2) is 15.1. The van der Waals surface area contributed by atoms with E-state index in [1.165, 1.54) is 22.3 Å². The number of hydrogen-bond acceptors (Lipinski definition) is 2. The molecule has 0 N–H and O–H groups in total. The molecule has 1 heterocycles. The van der Waals surface area contributed by atoms with E-state index in [1.807, 2.05) is 24.3 Å². The summed E-state index contributed by atoms with van der Waals surface area (Å²) in [5.74, 6) is 0. The SMILES string of the molecule is [2H]c1c([2H])c([2H])c(-c2ccc3c(c2)C(c2ccccc2)(c2ccccc2)c2cc(N(c4cccc5c4-c4ccccc4C5(c4ccccc4)c4ccccc4)c4cccc5occc45)ccc2-3)c([2H])c1[2H]. The lowest BCUT2D eigenvalue weighted by atomic mass is 9.67. The van der Waals surface area contributed by atoms with Gasteiger partial charge in [0, 0.05) is 16.6 Å². The Labute approximate surface area is 392 Å². The molecule has 0 saturated heterocycles. The highest BCUT2D eigenvalue weighted by Gasteiger charge is 2.49. The van der Waals surface area contributed by atoms with Gasteiger partial charge < -0.3 is 9.32 Å². The average molecular weight is 847 g/mol. The molecular formula is C64H43NO. The van der Waals surface area contributed by atoms with Crippen molar-refractivity contribution in [3.63, 3.8) is 0 Å². The van der Waals surface area contributed by atoms with Crippen LogP contribution in [-0.4, -0.2) is 0 Å². The van der Waals surface area contributed by atoms with Crippen molar-refractivity contribution in [1.82, 2.24) is 0 Å². The minimum atomic E-state index is -0.902. The van der Waals surface area contributed by atoms with Gasteiger partial charge in [-0.2, -0.15) is 0 Å². The molecule has 0 bridgehead atoms. The number of nitrogens with zero attached hydrogens (tertiary/aromatic N) is 1. The zero-order chi connectivity index (χ0) is 48.0. The number of rotatable bonds is 8. The van der Waals surface area contributed by atoms with Crippen LogP contribution in [0.25, 0.3) is 44.3 Å². The second-order valence-electron chi connectivity index (χ2n) is 17.1. The minimum Gasteiger partial charge on any atom is -0.464 e. The van der Waals surface area contributed by atoms with Crippen LogP contribution in [0.2, 0.25) is 0 Å². The maximum atomic E-state index is 9.05. The van der Waals surface area contributed by atoms with Gasteiger partial charge in [-0.25, -0.2) is 0 Å². The van der Waals surface area contributed by atoms with E-state index in [4.69, 9.17) is 11.3 Å². The van der Waals surface area contributed by atoms with Gasteiger partial charge in [-0.3, -0.25) is 0 Å². The number of anilines is 3. The summed E-state index contributed by atoms with van der Waals surface area (Å²) >= 11 is 0. The molecule has 0 saturated carbocycles. The molecule has 2 aliphatic rings. The van der Waals surface area contributed by atoms with Crippen molar-refractivity contribution in [3.05, 3.63) is 305 Å². The van der Waals surface area contributed by atoms with Crippen LogP contribution in [-0.2, 0) is 10.8 Å². The van der Waals surface area contributed by atoms with Crippen molar-refractivity contribution < 1.29 is 11.3 Å². The molecule has 2 nitrogen and oxygen atoms in total. The Morgan fingerprint density at radius 1 is 0.379 bits per heavy atom. The van der Waals surface area contributed by atoms with Gasteiger partial charge in [-0.1, -0.05) is 212 Å². The van der Waals surface area contributed by atoms with Crippen molar-refractivity contribution in [1.29, 1.82) is 0 Å². The molecule has 0 aliphatic heterocycles. The van der Waals surface area contributed by atoms with Crippen molar-refractivity contribution in [2.45, 2.75) is 10.8 Å². The van der Waals surface area contributed by atoms with E-state index >= 15 is 0 Å². The smallest absolute Gasteiger partial charge is 0.135 e. The Bertz CT molecular complexity index is 3780. The maximum absolute atomic E-state index is 9.05. The third-order valence-electron chi connectivity index (χ3n) is 14.0. The fraction of sp³-hybridized carbons (Fsp3) is 0.0312. The van der Waals surface area contributed by atoms with E-state index in [2.05, 4.69) is 205 Å². The first kappa shape index (κ1) is 33.1. The van der Waals surface area contributed by atoms with Gasteiger partial charge >= 0.3 is 0 Å². The topological polar surface area (TPSA) is 16.4 Å². The summed E-state index contributed by atoms with van der Waals surface area (Å²) in [5, 5.41) is 0.971. The highest BCUT2D eigenvalue weighted by molar-refractivity contribution is 6.03. The van der Waals surface area contributed by atoms with Crippen molar-refractivity contribution in [2.24, 2.45) is 0 Å². The molecule has 0 amide bonds. The monoisotopic (exact) mass is 846 g/mol. The zero-order valence-corrected chi connectivity index (χ0v) is 35.8. The Kier molecular flexibility index (Phi) is 7.56. The van der Waals surface area contributed by atoms with E-state index in [9.17, 15) is 0 Å². The first-order valence-electron chi connectivity index (χ1n) is 24.9. The summed E-state index contributed by atoms with van der Waals surface area (Å²) in [7, 11) is 0. The first-order chi connectivity index (χ1) is 34.8. The molecule has 0 atom stereocenters. The van der Waals surface area contributed by atoms with Crippen LogP contribution in [0.4, 0.5) is 17.1 Å². The van der Waals surface area contributed by atoms with Gasteiger partial charge in [0.2, 0.25) is 0 Å². The van der Waals surface area contributed by atoms with Crippen LogP contribution in [0.15, 0.2) is 265 Å². The van der Waals surface area contributed by atoms with Gasteiger partial charge in [-0.05, 0) is 115 Å². The van der Waals surface area contributed by atoms with E-state index in [-0.39, 0.29) is 29.7 Å². The summed E-state index contributed by atoms with van der Waals surface area (Å²) in [6.07, 6.45) is 1.76. The van der Waals surface area contributed by atoms with Gasteiger partial charge in [0.1, 0.15) is 5.58 Å². The number of hydrogen-bond donors (Lipinski definition) is 0. The maximum Gasteiger partial charge on any atom is 0.135 e. The minimum absolute atomic E-state index is 0.171. The van der Waals surface area contributed by atoms with Crippen LogP contribution in [0, 0.1) is 0 Å². The Morgan fingerprint density at radius 2 is 0.909 bits per heavy atom. The lowest BCUT2D eigenvalue weighted by Gasteiger charge is -2.36. The van der Waals surface area contributed by atoms with Crippen molar-refractivity contribution >= 4 is 28.0 Å². The number of furan rings is 1. The molecule has 2 aliphatic carbocycles. The first-order valence-corrected chi connectivity index (χ1v) is 22.4. The van der Waals surface area contributed by atoms with Gasteiger partial charge in [-0.15, -0.1) is 0 Å². The normalized spacial score (nSPS) is 14.8. The molecule has 0 unspecified atom stereocenters. The highest BCUT2D eigenvalue weighted by atomic mass is 16.3. The summed E-state index contributed by atoms with van der Waals surface area (Å²) < 4.78 is 49.8. The molecule has 10 aromatic carbocycles. The summed E-state index contributed by atoms with van der Waals surface area (Å²) in [6, 6.07) is 77.9. The third kappa shape index (κ3) is 5.42. The Balaban J connectivity index is 1.12. The molecule has 0 spiro atoms. The molecule has 11 aromatic rings. The van der Waals surface area contributed by atoms with Gasteiger partial charge in [0.15, 0.2) is 0 Å². The van der Waals surface area contributed by atoms with E-state index in [1.54, 1.807) is 6.26 Å². The van der Waals surface area contributed by atoms with Crippen LogP contribution in [0.5, 0.6) is 0 Å². The lowest BCUT2D eigenvalue weighted by molar-refractivity contribution is 0.616. The van der Waals surface area contributed by atoms with Crippen LogP contribution in [0.1, 0.15) is 51.4 Å². The molecule has 0 radical (unpaired) electrons. The molecule has 2 heteroatoms. The lowest BCUT2D eigenvalue weighted by Crippen LogP contribution is -2.29. The number of fused-ring (bicyclic) bond motifs is 7. The second-order valence-corrected chi connectivity index (χ2v) is 17.1. The Morgan fingerprint density at radius 3 is 1.56 bits per heavy atom. The van der Waals surface area contributed by atoms with Gasteiger partial charge in [0.25, 0.3) is 0 Å². The van der Waals surface area contributed by atoms with E-state index in [0.29, 0.717) is 5.56 Å². The Hall–Kier alpha value is -8.46. The zero-order valence-electron chi connectivity index (χ0n) is 40.8. The highest BCUT2D eigenvalue weighted by Crippen LogP contribution is 2.61. The predicted octanol–water partition coefficient (Wildman–Crippen LogP) is 16.3. The fourth-order valence-corrected chi connectivity index (χ4v) is 11.4. The van der Waals surface area contributed by atoms with Crippen LogP contribution >= 0.6 is 0 Å². The fourth-order valence-electron chi connectivity index (χ4n) is 11.4. The summed E-state index contributed by atoms with van der Waals surface area (Å²) in [4.78, 5) is 2.40. The average Bonchev–Trinajstić information content (AvgIpc) is 4.12. The van der Waals surface area contributed by atoms with Gasteiger partial charge in [0.05, 0.1) is 35.3 Å². The largest absolute Gasteiger partial charge is 0.464 e. The molecular weight excluding hydrogens is 799 g/mol. The third-order valence-corrected chi connectivity index (χ3v) is 14.0. The quantitative estimate of drug-likeness (QED) is 0.151. The predicted molar refractivity (Wildman–Crippen MR) is 271 cm³/mol.